The van der Waals surface area contributed by atoms with Gasteiger partial charge in [-0.25, -0.2) is 0 Å². The van der Waals surface area contributed by atoms with E-state index in [4.69, 9.17) is 0 Å². The number of ether oxygens (including phenoxy) is 1. The van der Waals surface area contributed by atoms with Gasteiger partial charge >= 0.3 is 6.61 Å². The quantitative estimate of drug-likeness (QED) is 0.755. The molecular formula is C18H19F2N3O3. The van der Waals surface area contributed by atoms with E-state index in [1.807, 2.05) is 13.8 Å². The van der Waals surface area contributed by atoms with E-state index < -0.39 is 6.61 Å². The van der Waals surface area contributed by atoms with E-state index >= 15 is 0 Å². The first kappa shape index (κ1) is 18.0. The largest absolute Gasteiger partial charge is 0.434 e. The van der Waals surface area contributed by atoms with Crippen LogP contribution in [0, 0.1) is 0 Å². The molecular weight excluding hydrogens is 344 g/mol. The van der Waals surface area contributed by atoms with Gasteiger partial charge < -0.3 is 10.1 Å². The summed E-state index contributed by atoms with van der Waals surface area (Å²) in [6.45, 7) is 0.875. The van der Waals surface area contributed by atoms with Crippen molar-refractivity contribution < 1.29 is 23.1 Å². The fourth-order valence-corrected chi connectivity index (χ4v) is 2.61. The molecule has 1 saturated carbocycles. The Balaban J connectivity index is 1.85. The molecule has 1 aliphatic rings. The molecule has 8 heteroatoms. The third-order valence-corrected chi connectivity index (χ3v) is 4.11. The number of nitrogens with zero attached hydrogens (tertiary/aromatic N) is 2. The van der Waals surface area contributed by atoms with Crippen molar-refractivity contribution in [1.29, 1.82) is 0 Å². The highest BCUT2D eigenvalue weighted by Crippen LogP contribution is 2.41. The second-order valence-electron chi connectivity index (χ2n) is 6.48. The maximum Gasteiger partial charge on any atom is 0.387 e. The number of halogens is 2. The third kappa shape index (κ3) is 3.89. The van der Waals surface area contributed by atoms with Crippen LogP contribution in [0.15, 0.2) is 24.4 Å². The average Bonchev–Trinajstić information content (AvgIpc) is 3.32. The van der Waals surface area contributed by atoms with E-state index in [2.05, 4.69) is 15.2 Å². The van der Waals surface area contributed by atoms with Gasteiger partial charge in [-0.15, -0.1) is 0 Å². The molecule has 1 aromatic heterocycles. The van der Waals surface area contributed by atoms with Crippen molar-refractivity contribution in [3.63, 3.8) is 0 Å². The highest BCUT2D eigenvalue weighted by molar-refractivity contribution is 6.05. The zero-order valence-electron chi connectivity index (χ0n) is 14.4. The normalized spacial score (nSPS) is 13.9. The van der Waals surface area contributed by atoms with Crippen LogP contribution in [-0.2, 0) is 0 Å². The second-order valence-corrected chi connectivity index (χ2v) is 6.48. The van der Waals surface area contributed by atoms with Crippen LogP contribution in [0.3, 0.4) is 0 Å². The summed E-state index contributed by atoms with van der Waals surface area (Å²) < 4.78 is 31.1. The number of aromatic nitrogens is 2. The van der Waals surface area contributed by atoms with Crippen molar-refractivity contribution in [2.45, 2.75) is 45.3 Å². The molecule has 138 valence electrons. The topological polar surface area (TPSA) is 73.2 Å². The smallest absolute Gasteiger partial charge is 0.387 e. The first-order valence-electron chi connectivity index (χ1n) is 8.33. The highest BCUT2D eigenvalue weighted by Gasteiger charge is 2.32. The molecule has 1 aliphatic carbocycles. The van der Waals surface area contributed by atoms with Gasteiger partial charge in [-0.05, 0) is 38.8 Å². The Kier molecular flexibility index (Phi) is 5.01. The Morgan fingerprint density at radius 1 is 1.38 bits per heavy atom. The minimum atomic E-state index is -3.06. The summed E-state index contributed by atoms with van der Waals surface area (Å²) in [7, 11) is 0. The third-order valence-electron chi connectivity index (χ3n) is 4.11. The first-order valence-corrected chi connectivity index (χ1v) is 8.33. The number of carbonyl (C=O) groups excluding carboxylic acids is 2. The predicted molar refractivity (Wildman–Crippen MR) is 91.0 cm³/mol. The standard InChI is InChI=1S/C18H19F2N3O3/c1-10(2)23-8-14(16(22-23)11-3-4-11)17(25)21-13-6-5-12(9-24)15(7-13)26-18(19)20/h5-11,18H,3-4H2,1-2H3,(H,21,25). The van der Waals surface area contributed by atoms with Crippen molar-refractivity contribution in [2.24, 2.45) is 0 Å². The monoisotopic (exact) mass is 363 g/mol. The van der Waals surface area contributed by atoms with E-state index in [-0.39, 0.29) is 34.9 Å². The minimum absolute atomic E-state index is 0.0189. The molecule has 2 aromatic rings. The molecule has 0 saturated heterocycles. The molecule has 0 radical (unpaired) electrons. The summed E-state index contributed by atoms with van der Waals surface area (Å²) in [5.74, 6) is -0.375. The molecule has 1 aromatic carbocycles. The molecule has 1 fully saturated rings. The van der Waals surface area contributed by atoms with Crippen LogP contribution in [0.4, 0.5) is 14.5 Å². The number of alkyl halides is 2. The van der Waals surface area contributed by atoms with E-state index in [0.29, 0.717) is 11.8 Å². The molecule has 0 spiro atoms. The van der Waals surface area contributed by atoms with Crippen LogP contribution >= 0.6 is 0 Å². The Morgan fingerprint density at radius 2 is 2.12 bits per heavy atom. The Bertz CT molecular complexity index is 829. The van der Waals surface area contributed by atoms with Crippen molar-refractivity contribution in [2.75, 3.05) is 5.32 Å². The van der Waals surface area contributed by atoms with Gasteiger partial charge in [-0.3, -0.25) is 14.3 Å². The van der Waals surface area contributed by atoms with Crippen LogP contribution in [0.25, 0.3) is 0 Å². The molecule has 26 heavy (non-hydrogen) atoms. The number of amides is 1. The minimum Gasteiger partial charge on any atom is -0.434 e. The molecule has 1 N–H and O–H groups in total. The van der Waals surface area contributed by atoms with E-state index in [9.17, 15) is 18.4 Å². The van der Waals surface area contributed by atoms with Gasteiger partial charge in [0.1, 0.15) is 5.75 Å². The molecule has 0 aliphatic heterocycles. The lowest BCUT2D eigenvalue weighted by molar-refractivity contribution is -0.0500. The number of carbonyl (C=O) groups is 2. The summed E-state index contributed by atoms with van der Waals surface area (Å²) in [5, 5.41) is 7.17. The fourth-order valence-electron chi connectivity index (χ4n) is 2.61. The lowest BCUT2D eigenvalue weighted by Gasteiger charge is -2.10. The molecule has 0 bridgehead atoms. The molecule has 1 amide bonds. The van der Waals surface area contributed by atoms with Crippen LogP contribution in [0.1, 0.15) is 65.1 Å². The number of anilines is 1. The lowest BCUT2D eigenvalue weighted by Crippen LogP contribution is -2.13. The number of hydrogen-bond donors (Lipinski definition) is 1. The van der Waals surface area contributed by atoms with Gasteiger partial charge in [-0.1, -0.05) is 0 Å². The van der Waals surface area contributed by atoms with Crippen molar-refractivity contribution in [3.8, 4) is 5.75 Å². The zero-order valence-corrected chi connectivity index (χ0v) is 14.4. The van der Waals surface area contributed by atoms with Crippen molar-refractivity contribution in [1.82, 2.24) is 9.78 Å². The van der Waals surface area contributed by atoms with Crippen molar-refractivity contribution >= 4 is 17.9 Å². The zero-order chi connectivity index (χ0) is 18.8. The van der Waals surface area contributed by atoms with Gasteiger partial charge in [0.25, 0.3) is 5.91 Å². The van der Waals surface area contributed by atoms with Crippen LogP contribution in [0.2, 0.25) is 0 Å². The summed E-state index contributed by atoms with van der Waals surface area (Å²) in [5.41, 5.74) is 1.46. The molecule has 1 heterocycles. The molecule has 0 unspecified atom stereocenters. The maximum absolute atomic E-state index is 12.7. The molecule has 0 atom stereocenters. The Hall–Kier alpha value is -2.77. The first-order chi connectivity index (χ1) is 12.4. The summed E-state index contributed by atoms with van der Waals surface area (Å²) in [4.78, 5) is 23.6. The Morgan fingerprint density at radius 3 is 2.69 bits per heavy atom. The highest BCUT2D eigenvalue weighted by atomic mass is 19.3. The van der Waals surface area contributed by atoms with E-state index in [1.165, 1.54) is 18.2 Å². The van der Waals surface area contributed by atoms with Crippen molar-refractivity contribution in [3.05, 3.63) is 41.2 Å². The van der Waals surface area contributed by atoms with Gasteiger partial charge in [0, 0.05) is 29.9 Å². The van der Waals surface area contributed by atoms with Crippen LogP contribution in [0.5, 0.6) is 5.75 Å². The van der Waals surface area contributed by atoms with Gasteiger partial charge in [0.15, 0.2) is 6.29 Å². The fraction of sp³-hybridized carbons (Fsp3) is 0.389. The Labute approximate surface area is 149 Å². The van der Waals surface area contributed by atoms with Gasteiger partial charge in [0.05, 0.1) is 16.8 Å². The van der Waals surface area contributed by atoms with E-state index in [1.54, 1.807) is 10.9 Å². The van der Waals surface area contributed by atoms with Gasteiger partial charge in [-0.2, -0.15) is 13.9 Å². The average molecular weight is 363 g/mol. The predicted octanol–water partition coefficient (Wildman–Crippen LogP) is 4.01. The number of nitrogens with one attached hydrogen (secondary N) is 1. The second kappa shape index (κ2) is 7.23. The summed E-state index contributed by atoms with van der Waals surface area (Å²) in [6.07, 6.45) is 4.11. The number of benzene rings is 1. The number of aldehydes is 1. The SMILES string of the molecule is CC(C)n1cc(C(=O)Nc2ccc(C=O)c(OC(F)F)c2)c(C2CC2)n1. The molecule has 3 rings (SSSR count). The summed E-state index contributed by atoms with van der Waals surface area (Å²) in [6, 6.07) is 4.10. The summed E-state index contributed by atoms with van der Waals surface area (Å²) >= 11 is 0. The van der Waals surface area contributed by atoms with E-state index in [0.717, 1.165) is 18.5 Å². The number of hydrogen-bond acceptors (Lipinski definition) is 4. The van der Waals surface area contributed by atoms with Gasteiger partial charge in [0.2, 0.25) is 0 Å². The lowest BCUT2D eigenvalue weighted by atomic mass is 10.1. The number of rotatable bonds is 7. The van der Waals surface area contributed by atoms with Crippen LogP contribution in [-0.4, -0.2) is 28.6 Å². The van der Waals surface area contributed by atoms with Crippen LogP contribution < -0.4 is 10.1 Å². The molecule has 6 nitrogen and oxygen atoms in total. The maximum atomic E-state index is 12.7.